The largest absolute Gasteiger partial charge is 0.353 e. The summed E-state index contributed by atoms with van der Waals surface area (Å²) in [6, 6.07) is 2.86. The van der Waals surface area contributed by atoms with Crippen LogP contribution in [0.5, 0.6) is 0 Å². The van der Waals surface area contributed by atoms with E-state index in [0.29, 0.717) is 43.2 Å². The lowest BCUT2D eigenvalue weighted by Crippen LogP contribution is -2.57. The third kappa shape index (κ3) is 3.20. The summed E-state index contributed by atoms with van der Waals surface area (Å²) < 4.78 is 26.8. The van der Waals surface area contributed by atoms with Crippen LogP contribution in [0.15, 0.2) is 21.7 Å². The van der Waals surface area contributed by atoms with Crippen molar-refractivity contribution in [1.82, 2.24) is 14.5 Å². The van der Waals surface area contributed by atoms with Crippen molar-refractivity contribution in [1.29, 1.82) is 0 Å². The zero-order chi connectivity index (χ0) is 17.3. The van der Waals surface area contributed by atoms with Gasteiger partial charge >= 0.3 is 0 Å². The molecule has 2 fully saturated rings. The number of hydrogen-bond acceptors (Lipinski definition) is 5. The van der Waals surface area contributed by atoms with E-state index in [0.717, 1.165) is 0 Å². The van der Waals surface area contributed by atoms with Gasteiger partial charge in [-0.3, -0.25) is 9.59 Å². The van der Waals surface area contributed by atoms with Crippen LogP contribution >= 0.6 is 11.3 Å². The second kappa shape index (κ2) is 6.81. The molecule has 2 saturated heterocycles. The summed E-state index contributed by atoms with van der Waals surface area (Å²) in [5, 5.41) is 4.48. The smallest absolute Gasteiger partial charge is 0.252 e. The van der Waals surface area contributed by atoms with E-state index in [4.69, 9.17) is 0 Å². The molecule has 9 heteroatoms. The van der Waals surface area contributed by atoms with Crippen molar-refractivity contribution < 1.29 is 18.0 Å². The van der Waals surface area contributed by atoms with Crippen molar-refractivity contribution in [2.24, 2.45) is 5.92 Å². The quantitative estimate of drug-likeness (QED) is 0.838. The van der Waals surface area contributed by atoms with Crippen LogP contribution in [0.2, 0.25) is 0 Å². The summed E-state index contributed by atoms with van der Waals surface area (Å²) in [4.78, 5) is 26.0. The van der Waals surface area contributed by atoms with Gasteiger partial charge in [0.1, 0.15) is 10.3 Å². The lowest BCUT2D eigenvalue weighted by molar-refractivity contribution is -0.146. The van der Waals surface area contributed by atoms with Crippen molar-refractivity contribution >= 4 is 33.2 Å². The van der Waals surface area contributed by atoms with Crippen LogP contribution < -0.4 is 5.32 Å². The van der Waals surface area contributed by atoms with Crippen molar-refractivity contribution in [2.45, 2.75) is 30.0 Å². The number of nitrogens with zero attached hydrogens (tertiary/aromatic N) is 2. The highest BCUT2D eigenvalue weighted by atomic mass is 32.2. The number of piperazine rings is 1. The molecular formula is C15H21N3O4S2. The number of sulfonamides is 1. The molecule has 0 saturated carbocycles. The molecule has 0 spiro atoms. The molecule has 24 heavy (non-hydrogen) atoms. The Hall–Kier alpha value is -1.45. The molecule has 0 radical (unpaired) electrons. The van der Waals surface area contributed by atoms with Crippen LogP contribution in [-0.2, 0) is 19.6 Å². The summed E-state index contributed by atoms with van der Waals surface area (Å²) in [5.74, 6) is -0.383. The van der Waals surface area contributed by atoms with Gasteiger partial charge in [-0.25, -0.2) is 8.42 Å². The van der Waals surface area contributed by atoms with Crippen LogP contribution in [0.1, 0.15) is 19.8 Å². The highest BCUT2D eigenvalue weighted by molar-refractivity contribution is 7.91. The fourth-order valence-electron chi connectivity index (χ4n) is 3.20. The Morgan fingerprint density at radius 1 is 1.29 bits per heavy atom. The normalized spacial score (nSPS) is 24.0. The van der Waals surface area contributed by atoms with Crippen molar-refractivity contribution in [3.8, 4) is 0 Å². The zero-order valence-electron chi connectivity index (χ0n) is 13.5. The molecule has 1 aromatic heterocycles. The van der Waals surface area contributed by atoms with E-state index in [-0.39, 0.29) is 17.7 Å². The fraction of sp³-hybridized carbons (Fsp3) is 0.600. The van der Waals surface area contributed by atoms with Gasteiger partial charge in [0.2, 0.25) is 11.8 Å². The highest BCUT2D eigenvalue weighted by Crippen LogP contribution is 2.27. The summed E-state index contributed by atoms with van der Waals surface area (Å²) in [6.07, 6.45) is 0.989. The van der Waals surface area contributed by atoms with E-state index in [1.54, 1.807) is 29.3 Å². The number of nitrogens with one attached hydrogen (secondary N) is 1. The van der Waals surface area contributed by atoms with Gasteiger partial charge in [0.25, 0.3) is 10.0 Å². The lowest BCUT2D eigenvalue weighted by atomic mass is 9.95. The van der Waals surface area contributed by atoms with Crippen LogP contribution in [0, 0.1) is 5.92 Å². The monoisotopic (exact) mass is 371 g/mol. The maximum atomic E-state index is 12.7. The Bertz CT molecular complexity index is 709. The van der Waals surface area contributed by atoms with Crippen LogP contribution in [-0.4, -0.2) is 61.7 Å². The van der Waals surface area contributed by atoms with Crippen LogP contribution in [0.3, 0.4) is 0 Å². The molecule has 2 aliphatic rings. The predicted molar refractivity (Wildman–Crippen MR) is 90.0 cm³/mol. The van der Waals surface area contributed by atoms with E-state index in [1.807, 2.05) is 0 Å². The molecule has 0 aromatic carbocycles. The molecule has 2 aliphatic heterocycles. The van der Waals surface area contributed by atoms with Crippen molar-refractivity contribution in [2.75, 3.05) is 26.2 Å². The van der Waals surface area contributed by atoms with Gasteiger partial charge in [-0.2, -0.15) is 4.31 Å². The van der Waals surface area contributed by atoms with Gasteiger partial charge < -0.3 is 10.2 Å². The molecule has 1 aromatic rings. The number of piperidine rings is 1. The third-order valence-corrected chi connectivity index (χ3v) is 7.95. The van der Waals surface area contributed by atoms with Gasteiger partial charge in [-0.1, -0.05) is 6.07 Å². The second-order valence-corrected chi connectivity index (χ2v) is 9.22. The molecule has 1 unspecified atom stereocenters. The summed E-state index contributed by atoms with van der Waals surface area (Å²) in [6.45, 7) is 3.39. The zero-order valence-corrected chi connectivity index (χ0v) is 15.1. The van der Waals surface area contributed by atoms with Gasteiger partial charge in [0.15, 0.2) is 0 Å². The van der Waals surface area contributed by atoms with Gasteiger partial charge in [0, 0.05) is 32.1 Å². The minimum absolute atomic E-state index is 0.0366. The average molecular weight is 371 g/mol. The number of carbonyl (C=O) groups is 2. The molecule has 2 amide bonds. The number of rotatable bonds is 3. The number of thiophene rings is 1. The standard InChI is InChI=1S/C15H21N3O4S2/c1-11-14(19)16-6-9-18(11)15(20)12-4-7-17(8-5-12)24(21,22)13-3-2-10-23-13/h2-3,10-12H,4-9H2,1H3,(H,16,19). The van der Waals surface area contributed by atoms with Crippen LogP contribution in [0.4, 0.5) is 0 Å². The summed E-state index contributed by atoms with van der Waals surface area (Å²) in [7, 11) is -3.45. The Kier molecular flexibility index (Phi) is 4.93. The molecule has 3 heterocycles. The Morgan fingerprint density at radius 3 is 2.62 bits per heavy atom. The van der Waals surface area contributed by atoms with E-state index in [1.165, 1.54) is 15.6 Å². The van der Waals surface area contributed by atoms with E-state index >= 15 is 0 Å². The molecule has 0 aliphatic carbocycles. The molecule has 3 rings (SSSR count). The molecular weight excluding hydrogens is 350 g/mol. The molecule has 7 nitrogen and oxygen atoms in total. The molecule has 1 N–H and O–H groups in total. The maximum Gasteiger partial charge on any atom is 0.252 e. The van der Waals surface area contributed by atoms with E-state index in [9.17, 15) is 18.0 Å². The topological polar surface area (TPSA) is 86.8 Å². The van der Waals surface area contributed by atoms with Gasteiger partial charge in [-0.05, 0) is 31.2 Å². The molecule has 0 bridgehead atoms. The highest BCUT2D eigenvalue weighted by Gasteiger charge is 2.37. The predicted octanol–water partition coefficient (Wildman–Crippen LogP) is 0.496. The molecule has 132 valence electrons. The first-order chi connectivity index (χ1) is 11.4. The summed E-state index contributed by atoms with van der Waals surface area (Å²) in [5.41, 5.74) is 0. The van der Waals surface area contributed by atoms with Gasteiger partial charge in [-0.15, -0.1) is 11.3 Å². The second-order valence-electron chi connectivity index (χ2n) is 6.11. The molecule has 1 atom stereocenters. The Labute approximate surface area is 145 Å². The average Bonchev–Trinajstić information content (AvgIpc) is 3.12. The Balaban J connectivity index is 1.63. The van der Waals surface area contributed by atoms with Crippen LogP contribution in [0.25, 0.3) is 0 Å². The SMILES string of the molecule is CC1C(=O)NCCN1C(=O)C1CCN(S(=O)(=O)c2cccs2)CC1. The van der Waals surface area contributed by atoms with Crippen molar-refractivity contribution in [3.63, 3.8) is 0 Å². The first kappa shape index (κ1) is 17.4. The van der Waals surface area contributed by atoms with Crippen molar-refractivity contribution in [3.05, 3.63) is 17.5 Å². The number of hydrogen-bond donors (Lipinski definition) is 1. The maximum absolute atomic E-state index is 12.7. The lowest BCUT2D eigenvalue weighted by Gasteiger charge is -2.37. The van der Waals surface area contributed by atoms with Gasteiger partial charge in [0.05, 0.1) is 0 Å². The minimum Gasteiger partial charge on any atom is -0.353 e. The van der Waals surface area contributed by atoms with E-state index in [2.05, 4.69) is 5.32 Å². The Morgan fingerprint density at radius 2 is 2.00 bits per heavy atom. The number of carbonyl (C=O) groups excluding carboxylic acids is 2. The summed E-state index contributed by atoms with van der Waals surface area (Å²) >= 11 is 1.20. The van der Waals surface area contributed by atoms with E-state index < -0.39 is 16.1 Å². The minimum atomic E-state index is -3.45. The third-order valence-electron chi connectivity index (χ3n) is 4.67. The number of amides is 2. The first-order valence-corrected chi connectivity index (χ1v) is 10.3. The first-order valence-electron chi connectivity index (χ1n) is 8.03. The fourth-order valence-corrected chi connectivity index (χ4v) is 5.81.